The Balaban J connectivity index is 1.69. The van der Waals surface area contributed by atoms with Crippen LogP contribution in [0.2, 0.25) is 0 Å². The number of rotatable bonds is 7. The molecule has 3 rings (SSSR count). The first-order valence-electron chi connectivity index (χ1n) is 9.77. The predicted octanol–water partition coefficient (Wildman–Crippen LogP) is 3.86. The van der Waals surface area contributed by atoms with Crippen molar-refractivity contribution in [1.29, 1.82) is 0 Å². The van der Waals surface area contributed by atoms with Crippen LogP contribution in [0.25, 0.3) is 0 Å². The maximum absolute atomic E-state index is 13.0. The van der Waals surface area contributed by atoms with Crippen LogP contribution in [0.5, 0.6) is 0 Å². The molecule has 26 heavy (non-hydrogen) atoms. The molecule has 3 heteroatoms. The van der Waals surface area contributed by atoms with E-state index in [1.165, 1.54) is 17.5 Å². The largest absolute Gasteiger partial charge is 0.342 e. The summed E-state index contributed by atoms with van der Waals surface area (Å²) in [5.41, 5.74) is 2.55. The first kappa shape index (κ1) is 18.7. The zero-order valence-electron chi connectivity index (χ0n) is 15.7. The molecule has 2 aromatic rings. The summed E-state index contributed by atoms with van der Waals surface area (Å²) in [5, 5.41) is 3.26. The second kappa shape index (κ2) is 9.54. The Morgan fingerprint density at radius 3 is 2.50 bits per heavy atom. The molecule has 1 aliphatic rings. The summed E-state index contributed by atoms with van der Waals surface area (Å²) in [5.74, 6) is 1.12. The number of carbonyl (C=O) groups excluding carboxylic acids is 1. The van der Waals surface area contributed by atoms with Gasteiger partial charge in [-0.3, -0.25) is 4.79 Å². The van der Waals surface area contributed by atoms with E-state index in [4.69, 9.17) is 0 Å². The van der Waals surface area contributed by atoms with E-state index in [9.17, 15) is 4.79 Å². The average molecular weight is 351 g/mol. The molecule has 1 saturated heterocycles. The molecule has 3 nitrogen and oxygen atoms in total. The van der Waals surface area contributed by atoms with Gasteiger partial charge in [-0.15, -0.1) is 0 Å². The van der Waals surface area contributed by atoms with Crippen molar-refractivity contribution in [3.8, 4) is 0 Å². The van der Waals surface area contributed by atoms with E-state index in [-0.39, 0.29) is 5.92 Å². The van der Waals surface area contributed by atoms with Gasteiger partial charge in [0.25, 0.3) is 0 Å². The van der Waals surface area contributed by atoms with Gasteiger partial charge in [0.2, 0.25) is 5.91 Å². The molecule has 1 aliphatic heterocycles. The first-order valence-corrected chi connectivity index (χ1v) is 9.77. The Bertz CT molecular complexity index is 669. The van der Waals surface area contributed by atoms with Crippen molar-refractivity contribution in [2.24, 2.45) is 5.92 Å². The molecule has 2 aromatic carbocycles. The van der Waals surface area contributed by atoms with Crippen LogP contribution >= 0.6 is 0 Å². The molecule has 0 bridgehead atoms. The fraction of sp³-hybridized carbons (Fsp3) is 0.435. The highest BCUT2D eigenvalue weighted by atomic mass is 16.2. The zero-order valence-corrected chi connectivity index (χ0v) is 15.7. The molecule has 0 aromatic heterocycles. The summed E-state index contributed by atoms with van der Waals surface area (Å²) in [4.78, 5) is 15.1. The van der Waals surface area contributed by atoms with Crippen LogP contribution in [0.15, 0.2) is 60.7 Å². The summed E-state index contributed by atoms with van der Waals surface area (Å²) in [7, 11) is 1.99. The number of carbonyl (C=O) groups is 1. The van der Waals surface area contributed by atoms with Crippen LogP contribution in [0, 0.1) is 5.92 Å². The third-order valence-corrected chi connectivity index (χ3v) is 5.38. The first-order chi connectivity index (χ1) is 12.8. The second-order valence-electron chi connectivity index (χ2n) is 7.41. The van der Waals surface area contributed by atoms with E-state index in [2.05, 4.69) is 58.7 Å². The lowest BCUT2D eigenvalue weighted by Crippen LogP contribution is -2.43. The van der Waals surface area contributed by atoms with E-state index in [1.54, 1.807) is 0 Å². The van der Waals surface area contributed by atoms with Crippen molar-refractivity contribution < 1.29 is 4.79 Å². The number of hydrogen-bond acceptors (Lipinski definition) is 2. The summed E-state index contributed by atoms with van der Waals surface area (Å²) in [6, 6.07) is 21.0. The number of benzene rings is 2. The van der Waals surface area contributed by atoms with Gasteiger partial charge in [0, 0.05) is 19.5 Å². The topological polar surface area (TPSA) is 32.3 Å². The van der Waals surface area contributed by atoms with Crippen LogP contribution in [-0.2, 0) is 11.2 Å². The van der Waals surface area contributed by atoms with Gasteiger partial charge >= 0.3 is 0 Å². The molecule has 1 N–H and O–H groups in total. The van der Waals surface area contributed by atoms with Crippen LogP contribution in [0.4, 0.5) is 0 Å². The summed E-state index contributed by atoms with van der Waals surface area (Å²) < 4.78 is 0. The Hall–Kier alpha value is -2.13. The van der Waals surface area contributed by atoms with Gasteiger partial charge in [-0.1, -0.05) is 60.7 Å². The molecule has 1 fully saturated rings. The number of nitrogens with zero attached hydrogens (tertiary/aromatic N) is 1. The monoisotopic (exact) mass is 350 g/mol. The highest BCUT2D eigenvalue weighted by molar-refractivity contribution is 5.77. The van der Waals surface area contributed by atoms with Gasteiger partial charge in [-0.25, -0.2) is 0 Å². The highest BCUT2D eigenvalue weighted by Crippen LogP contribution is 2.26. The third kappa shape index (κ3) is 5.18. The van der Waals surface area contributed by atoms with Crippen LogP contribution in [0.3, 0.4) is 0 Å². The minimum atomic E-state index is 0.232. The molecule has 1 amide bonds. The summed E-state index contributed by atoms with van der Waals surface area (Å²) in [6.45, 7) is 2.80. The smallest absolute Gasteiger partial charge is 0.223 e. The van der Waals surface area contributed by atoms with E-state index in [0.717, 1.165) is 32.5 Å². The quantitative estimate of drug-likeness (QED) is 0.822. The van der Waals surface area contributed by atoms with Crippen molar-refractivity contribution in [2.75, 3.05) is 26.7 Å². The van der Waals surface area contributed by atoms with Gasteiger partial charge in [0.15, 0.2) is 0 Å². The normalized spacial score (nSPS) is 18.5. The Morgan fingerprint density at radius 2 is 1.81 bits per heavy atom. The van der Waals surface area contributed by atoms with Gasteiger partial charge in [0.05, 0.1) is 0 Å². The van der Waals surface area contributed by atoms with Crippen molar-refractivity contribution >= 4 is 5.91 Å². The van der Waals surface area contributed by atoms with Crippen LogP contribution < -0.4 is 5.32 Å². The molecule has 0 saturated carbocycles. The maximum atomic E-state index is 13.0. The molecular formula is C23H30N2O. The van der Waals surface area contributed by atoms with E-state index < -0.39 is 0 Å². The molecule has 0 spiro atoms. The Kier molecular flexibility index (Phi) is 6.84. The molecular weight excluding hydrogens is 320 g/mol. The minimum absolute atomic E-state index is 0.232. The van der Waals surface area contributed by atoms with Crippen molar-refractivity contribution in [3.63, 3.8) is 0 Å². The number of amides is 1. The molecule has 0 radical (unpaired) electrons. The van der Waals surface area contributed by atoms with Gasteiger partial charge < -0.3 is 10.2 Å². The van der Waals surface area contributed by atoms with Crippen LogP contribution in [-0.4, -0.2) is 37.5 Å². The average Bonchev–Trinajstić information content (AvgIpc) is 2.69. The molecule has 0 aliphatic carbocycles. The van der Waals surface area contributed by atoms with E-state index in [0.29, 0.717) is 18.2 Å². The van der Waals surface area contributed by atoms with Crippen molar-refractivity contribution in [2.45, 2.75) is 31.6 Å². The second-order valence-corrected chi connectivity index (χ2v) is 7.41. The lowest BCUT2D eigenvalue weighted by molar-refractivity contribution is -0.133. The minimum Gasteiger partial charge on any atom is -0.342 e. The fourth-order valence-corrected chi connectivity index (χ4v) is 4.02. The number of nitrogens with one attached hydrogen (secondary N) is 1. The van der Waals surface area contributed by atoms with Gasteiger partial charge in [-0.05, 0) is 55.8 Å². The van der Waals surface area contributed by atoms with Crippen LogP contribution in [0.1, 0.15) is 36.3 Å². The maximum Gasteiger partial charge on any atom is 0.223 e. The Morgan fingerprint density at radius 1 is 1.12 bits per heavy atom. The fourth-order valence-electron chi connectivity index (χ4n) is 4.02. The molecule has 138 valence electrons. The van der Waals surface area contributed by atoms with Crippen molar-refractivity contribution in [3.05, 3.63) is 71.8 Å². The molecule has 2 unspecified atom stereocenters. The molecule has 1 heterocycles. The zero-order chi connectivity index (χ0) is 18.2. The van der Waals surface area contributed by atoms with Gasteiger partial charge in [-0.2, -0.15) is 0 Å². The highest BCUT2D eigenvalue weighted by Gasteiger charge is 2.25. The number of likely N-dealkylation sites (tertiary alicyclic amines) is 1. The number of piperidine rings is 1. The van der Waals surface area contributed by atoms with E-state index >= 15 is 0 Å². The van der Waals surface area contributed by atoms with Crippen molar-refractivity contribution in [1.82, 2.24) is 10.2 Å². The lowest BCUT2D eigenvalue weighted by Gasteiger charge is -2.33. The predicted molar refractivity (Wildman–Crippen MR) is 107 cm³/mol. The third-order valence-electron chi connectivity index (χ3n) is 5.38. The molecule has 2 atom stereocenters. The summed E-state index contributed by atoms with van der Waals surface area (Å²) in [6.07, 6.45) is 3.83. The van der Waals surface area contributed by atoms with E-state index in [1.807, 2.05) is 19.2 Å². The lowest BCUT2D eigenvalue weighted by atomic mass is 9.88. The summed E-state index contributed by atoms with van der Waals surface area (Å²) >= 11 is 0. The number of hydrogen-bond donors (Lipinski definition) is 1. The SMILES string of the molecule is CNCC1CCCN(C(=O)CC(Cc2ccccc2)c2ccccc2)C1. The van der Waals surface area contributed by atoms with Gasteiger partial charge in [0.1, 0.15) is 0 Å². The Labute approximate surface area is 157 Å². The standard InChI is InChI=1S/C23H30N2O/c1-24-17-20-11-8-14-25(18-20)23(26)16-22(21-12-6-3-7-13-21)15-19-9-4-2-5-10-19/h2-7,9-10,12-13,20,22,24H,8,11,14-18H2,1H3.